The summed E-state index contributed by atoms with van der Waals surface area (Å²) in [6, 6.07) is 0. The minimum atomic E-state index is -0.207. The number of nitrogens with zero attached hydrogens (tertiary/aromatic N) is 4. The second-order valence-corrected chi connectivity index (χ2v) is 8.11. The van der Waals surface area contributed by atoms with Crippen LogP contribution in [0, 0.1) is 17.8 Å². The Morgan fingerprint density at radius 3 is 2.27 bits per heavy atom. The molecule has 0 spiro atoms. The van der Waals surface area contributed by atoms with Gasteiger partial charge in [-0.2, -0.15) is 5.10 Å². The molecule has 0 N–H and O–H groups in total. The van der Waals surface area contributed by atoms with E-state index in [0.29, 0.717) is 11.7 Å². The summed E-state index contributed by atoms with van der Waals surface area (Å²) in [6.07, 6.45) is 2.25. The number of carbonyl (C=O) groups is 1. The zero-order valence-corrected chi connectivity index (χ0v) is 14.2. The lowest BCUT2D eigenvalue weighted by atomic mass is 9.62. The van der Waals surface area contributed by atoms with E-state index in [4.69, 9.17) is 11.6 Å². The Balaban J connectivity index is 1.71. The fourth-order valence-corrected chi connectivity index (χ4v) is 5.17. The Morgan fingerprint density at radius 2 is 1.77 bits per heavy atom. The molecular weight excluding hydrogens is 300 g/mol. The quantitative estimate of drug-likeness (QED) is 0.794. The number of carbonyl (C=O) groups excluding carboxylic acids is 1. The summed E-state index contributed by atoms with van der Waals surface area (Å²) in [7, 11) is 0. The molecule has 0 radical (unpaired) electrons. The van der Waals surface area contributed by atoms with Gasteiger partial charge in [-0.1, -0.05) is 13.8 Å². The summed E-state index contributed by atoms with van der Waals surface area (Å²) in [5, 5.41) is 4.50. The van der Waals surface area contributed by atoms with Crippen LogP contribution in [-0.2, 0) is 11.3 Å². The maximum atomic E-state index is 12.7. The average molecular weight is 323 g/mol. The highest BCUT2D eigenvalue weighted by atomic mass is 35.5. The van der Waals surface area contributed by atoms with Crippen LogP contribution in [-0.4, -0.2) is 57.4 Å². The summed E-state index contributed by atoms with van der Waals surface area (Å²) < 4.78 is 1.99. The minimum Gasteiger partial charge on any atom is -0.298 e. The van der Waals surface area contributed by atoms with Crippen LogP contribution in [0.2, 0.25) is 0 Å². The molecule has 0 aliphatic carbocycles. The zero-order valence-electron chi connectivity index (χ0n) is 13.5. The van der Waals surface area contributed by atoms with Crippen molar-refractivity contribution in [2.75, 3.05) is 32.1 Å². The Labute approximate surface area is 136 Å². The van der Waals surface area contributed by atoms with Crippen molar-refractivity contribution in [3.8, 4) is 0 Å². The van der Waals surface area contributed by atoms with Gasteiger partial charge < -0.3 is 0 Å². The van der Waals surface area contributed by atoms with Gasteiger partial charge in [-0.05, 0) is 6.92 Å². The molecule has 4 aliphatic rings. The monoisotopic (exact) mass is 322 g/mol. The number of rotatable bonds is 3. The lowest BCUT2D eigenvalue weighted by molar-refractivity contribution is -0.197. The van der Waals surface area contributed by atoms with Crippen molar-refractivity contribution in [3.63, 3.8) is 0 Å². The van der Waals surface area contributed by atoms with E-state index in [2.05, 4.69) is 35.7 Å². The maximum absolute atomic E-state index is 12.7. The molecule has 4 bridgehead atoms. The molecule has 0 saturated carbocycles. The first-order chi connectivity index (χ1) is 10.4. The summed E-state index contributed by atoms with van der Waals surface area (Å²) in [5.41, 5.74) is 2.05. The molecule has 120 valence electrons. The lowest BCUT2D eigenvalue weighted by Gasteiger charge is -2.64. The molecule has 4 aliphatic heterocycles. The molecular formula is C16H23ClN4O. The van der Waals surface area contributed by atoms with Crippen LogP contribution in [0.5, 0.6) is 0 Å². The Hall–Kier alpha value is -0.910. The van der Waals surface area contributed by atoms with Crippen LogP contribution >= 0.6 is 11.6 Å². The van der Waals surface area contributed by atoms with Crippen LogP contribution in [0.4, 0.5) is 0 Å². The van der Waals surface area contributed by atoms with Gasteiger partial charge in [-0.25, -0.2) is 0 Å². The molecule has 5 heterocycles. The summed E-state index contributed by atoms with van der Waals surface area (Å²) in [6.45, 7) is 10.6. The van der Waals surface area contributed by atoms with Gasteiger partial charge in [-0.15, -0.1) is 11.6 Å². The number of aryl methyl sites for hydroxylation is 1. The van der Waals surface area contributed by atoms with Crippen LogP contribution in [0.1, 0.15) is 31.3 Å². The third-order valence-electron chi connectivity index (χ3n) is 5.71. The van der Waals surface area contributed by atoms with E-state index in [-0.39, 0.29) is 17.0 Å². The predicted octanol–water partition coefficient (Wildman–Crippen LogP) is 1.66. The fourth-order valence-electron chi connectivity index (χ4n) is 5.01. The third kappa shape index (κ3) is 1.79. The number of halogens is 1. The first kappa shape index (κ1) is 14.7. The van der Waals surface area contributed by atoms with Crippen molar-refractivity contribution in [1.29, 1.82) is 0 Å². The van der Waals surface area contributed by atoms with E-state index in [1.165, 1.54) is 11.3 Å². The SMILES string of the molecule is Cc1c(C2N3CC4(C)CN2CC(C)(C3)C4=O)cnn1CCCl. The van der Waals surface area contributed by atoms with Gasteiger partial charge in [-0.3, -0.25) is 19.3 Å². The highest BCUT2D eigenvalue weighted by Gasteiger charge is 2.62. The Morgan fingerprint density at radius 1 is 1.23 bits per heavy atom. The van der Waals surface area contributed by atoms with Crippen molar-refractivity contribution in [2.24, 2.45) is 10.8 Å². The molecule has 0 aromatic carbocycles. The smallest absolute Gasteiger partial charge is 0.149 e. The van der Waals surface area contributed by atoms with Crippen molar-refractivity contribution in [2.45, 2.75) is 33.5 Å². The molecule has 0 amide bonds. The van der Waals surface area contributed by atoms with Gasteiger partial charge in [0.05, 0.1) is 29.7 Å². The van der Waals surface area contributed by atoms with Crippen molar-refractivity contribution < 1.29 is 4.79 Å². The third-order valence-corrected chi connectivity index (χ3v) is 5.88. The normalized spacial score (nSPS) is 43.1. The van der Waals surface area contributed by atoms with Crippen molar-refractivity contribution in [1.82, 2.24) is 19.6 Å². The van der Waals surface area contributed by atoms with Crippen LogP contribution in [0.15, 0.2) is 6.20 Å². The molecule has 22 heavy (non-hydrogen) atoms. The van der Waals surface area contributed by atoms with E-state index in [0.717, 1.165) is 32.7 Å². The highest BCUT2D eigenvalue weighted by Crippen LogP contribution is 2.52. The van der Waals surface area contributed by atoms with Gasteiger partial charge in [0, 0.05) is 43.3 Å². The molecule has 0 atom stereocenters. The van der Waals surface area contributed by atoms with Crippen molar-refractivity contribution in [3.05, 3.63) is 17.5 Å². The highest BCUT2D eigenvalue weighted by molar-refractivity contribution is 6.17. The number of Topliss-reactive ketones (excluding diaryl/α,β-unsaturated/α-hetero) is 1. The molecule has 6 heteroatoms. The second-order valence-electron chi connectivity index (χ2n) is 7.73. The molecule has 4 fully saturated rings. The number of hydrogen-bond acceptors (Lipinski definition) is 4. The molecule has 0 unspecified atom stereocenters. The number of hydrogen-bond donors (Lipinski definition) is 0. The van der Waals surface area contributed by atoms with Gasteiger partial charge >= 0.3 is 0 Å². The van der Waals surface area contributed by atoms with Crippen LogP contribution in [0.25, 0.3) is 0 Å². The topological polar surface area (TPSA) is 41.4 Å². The first-order valence-electron chi connectivity index (χ1n) is 7.99. The number of ketones is 1. The number of aromatic nitrogens is 2. The van der Waals surface area contributed by atoms with E-state index >= 15 is 0 Å². The van der Waals surface area contributed by atoms with Crippen LogP contribution < -0.4 is 0 Å². The van der Waals surface area contributed by atoms with E-state index in [1.807, 2.05) is 10.9 Å². The largest absolute Gasteiger partial charge is 0.298 e. The van der Waals surface area contributed by atoms with E-state index < -0.39 is 0 Å². The zero-order chi connectivity index (χ0) is 15.7. The molecule has 5 rings (SSSR count). The number of alkyl halides is 1. The predicted molar refractivity (Wildman–Crippen MR) is 84.8 cm³/mol. The minimum absolute atomic E-state index is 0.207. The van der Waals surface area contributed by atoms with E-state index in [1.54, 1.807) is 0 Å². The molecule has 1 aromatic heterocycles. The van der Waals surface area contributed by atoms with Gasteiger partial charge in [0.1, 0.15) is 5.78 Å². The van der Waals surface area contributed by atoms with Gasteiger partial charge in [0.2, 0.25) is 0 Å². The van der Waals surface area contributed by atoms with Crippen LogP contribution in [0.3, 0.4) is 0 Å². The molecule has 4 saturated heterocycles. The second kappa shape index (κ2) is 4.56. The summed E-state index contributed by atoms with van der Waals surface area (Å²) in [4.78, 5) is 17.7. The number of piperidine rings is 2. The standard InChI is InChI=1S/C16H23ClN4O/c1-11-12(6-18-21(11)5-4-17)13-19-7-15(2)8-20(13)10-16(3,9-19)14(15)22/h6,13H,4-5,7-10H2,1-3H3. The Bertz CT molecular complexity index is 600. The van der Waals surface area contributed by atoms with Crippen molar-refractivity contribution >= 4 is 17.4 Å². The van der Waals surface area contributed by atoms with E-state index in [9.17, 15) is 4.79 Å². The van der Waals surface area contributed by atoms with Gasteiger partial charge in [0.25, 0.3) is 0 Å². The lowest BCUT2D eigenvalue weighted by Crippen LogP contribution is -2.75. The molecule has 1 aromatic rings. The first-order valence-corrected chi connectivity index (χ1v) is 8.53. The Kier molecular flexibility index (Phi) is 3.04. The maximum Gasteiger partial charge on any atom is 0.149 e. The van der Waals surface area contributed by atoms with Gasteiger partial charge in [0.15, 0.2) is 0 Å². The summed E-state index contributed by atoms with van der Waals surface area (Å²) in [5.74, 6) is 1.03. The average Bonchev–Trinajstić information content (AvgIpc) is 2.77. The summed E-state index contributed by atoms with van der Waals surface area (Å²) >= 11 is 5.86. The fraction of sp³-hybridized carbons (Fsp3) is 0.750. The molecule has 5 nitrogen and oxygen atoms in total.